The van der Waals surface area contributed by atoms with Gasteiger partial charge in [0.1, 0.15) is 0 Å². The third-order valence-corrected chi connectivity index (χ3v) is 6.35. The highest BCUT2D eigenvalue weighted by atomic mass is 32.2. The van der Waals surface area contributed by atoms with E-state index in [0.717, 1.165) is 5.56 Å². The van der Waals surface area contributed by atoms with Crippen molar-refractivity contribution >= 4 is 33.4 Å². The fourth-order valence-corrected chi connectivity index (χ4v) is 4.26. The minimum atomic E-state index is -3.79. The van der Waals surface area contributed by atoms with Crippen LogP contribution in [0.1, 0.15) is 0 Å². The average molecular weight is 474 g/mol. The molecule has 12 heteroatoms. The fourth-order valence-electron chi connectivity index (χ4n) is 2.99. The van der Waals surface area contributed by atoms with Gasteiger partial charge in [-0.1, -0.05) is 17.8 Å². The molecule has 0 spiro atoms. The number of hydrogen-bond acceptors (Lipinski definition) is 8. The largest absolute Gasteiger partial charge is 0.454 e. The van der Waals surface area contributed by atoms with E-state index in [-0.39, 0.29) is 23.3 Å². The zero-order valence-electron chi connectivity index (χ0n) is 16.7. The molecule has 0 radical (unpaired) electrons. The van der Waals surface area contributed by atoms with Crippen molar-refractivity contribution in [3.63, 3.8) is 0 Å². The number of carbonyl (C=O) groups excluding carboxylic acids is 1. The Labute approximate surface area is 188 Å². The molecule has 1 aliphatic rings. The second-order valence-corrected chi connectivity index (χ2v) is 9.18. The number of carbonyl (C=O) groups is 1. The van der Waals surface area contributed by atoms with Gasteiger partial charge in [0, 0.05) is 17.8 Å². The molecule has 1 aliphatic heterocycles. The van der Waals surface area contributed by atoms with Crippen LogP contribution in [0.4, 0.5) is 5.69 Å². The molecule has 4 rings (SSSR count). The Hall–Kier alpha value is -3.35. The number of amides is 1. The van der Waals surface area contributed by atoms with Crippen LogP contribution < -0.4 is 19.9 Å². The third kappa shape index (κ3) is 4.77. The number of allylic oxidation sites excluding steroid dienone is 1. The molecule has 2 heterocycles. The number of fused-ring (bicyclic) bond motifs is 1. The number of nitrogens with zero attached hydrogens (tertiary/aromatic N) is 3. The van der Waals surface area contributed by atoms with Crippen molar-refractivity contribution in [3.8, 4) is 22.9 Å². The zero-order valence-corrected chi connectivity index (χ0v) is 18.4. The molecule has 10 nitrogen and oxygen atoms in total. The molecule has 32 heavy (non-hydrogen) atoms. The first-order chi connectivity index (χ1) is 15.3. The van der Waals surface area contributed by atoms with Gasteiger partial charge in [0.15, 0.2) is 22.5 Å². The van der Waals surface area contributed by atoms with Crippen LogP contribution in [0.3, 0.4) is 0 Å². The van der Waals surface area contributed by atoms with Crippen molar-refractivity contribution < 1.29 is 22.7 Å². The monoisotopic (exact) mass is 473 g/mol. The lowest BCUT2D eigenvalue weighted by molar-refractivity contribution is -0.113. The first-order valence-corrected chi connectivity index (χ1v) is 11.9. The van der Waals surface area contributed by atoms with Crippen LogP contribution in [0, 0.1) is 0 Å². The highest BCUT2D eigenvalue weighted by Crippen LogP contribution is 2.36. The molecule has 1 amide bonds. The summed E-state index contributed by atoms with van der Waals surface area (Å²) >= 11 is 1.22. The van der Waals surface area contributed by atoms with Crippen LogP contribution in [0.5, 0.6) is 11.5 Å². The summed E-state index contributed by atoms with van der Waals surface area (Å²) in [5.41, 5.74) is 1.26. The summed E-state index contributed by atoms with van der Waals surface area (Å²) in [6, 6.07) is 11.1. The topological polar surface area (TPSA) is 138 Å². The number of nitrogens with one attached hydrogen (secondary N) is 1. The van der Waals surface area contributed by atoms with E-state index in [1.807, 2.05) is 22.8 Å². The van der Waals surface area contributed by atoms with E-state index in [0.29, 0.717) is 34.7 Å². The van der Waals surface area contributed by atoms with Crippen LogP contribution in [0.15, 0.2) is 65.2 Å². The van der Waals surface area contributed by atoms with Crippen molar-refractivity contribution in [2.75, 3.05) is 17.9 Å². The van der Waals surface area contributed by atoms with Crippen LogP contribution in [0.2, 0.25) is 0 Å². The van der Waals surface area contributed by atoms with Gasteiger partial charge in [-0.05, 0) is 42.5 Å². The third-order valence-electron chi connectivity index (χ3n) is 4.46. The molecule has 0 fully saturated rings. The lowest BCUT2D eigenvalue weighted by Crippen LogP contribution is -2.15. The highest BCUT2D eigenvalue weighted by molar-refractivity contribution is 7.99. The summed E-state index contributed by atoms with van der Waals surface area (Å²) in [5.74, 6) is 1.72. The van der Waals surface area contributed by atoms with Crippen LogP contribution in [0.25, 0.3) is 11.4 Å². The van der Waals surface area contributed by atoms with Gasteiger partial charge in [0.2, 0.25) is 22.7 Å². The summed E-state index contributed by atoms with van der Waals surface area (Å²) in [6.07, 6.45) is 1.72. The van der Waals surface area contributed by atoms with E-state index in [2.05, 4.69) is 22.1 Å². The van der Waals surface area contributed by atoms with Gasteiger partial charge in [-0.3, -0.25) is 9.36 Å². The summed E-state index contributed by atoms with van der Waals surface area (Å²) in [6.45, 7) is 4.42. The maximum atomic E-state index is 12.4. The Morgan fingerprint density at radius 1 is 1.19 bits per heavy atom. The van der Waals surface area contributed by atoms with Gasteiger partial charge < -0.3 is 14.8 Å². The molecule has 3 aromatic rings. The van der Waals surface area contributed by atoms with E-state index in [1.165, 1.54) is 36.0 Å². The lowest BCUT2D eigenvalue weighted by Gasteiger charge is -2.09. The van der Waals surface area contributed by atoms with Crippen molar-refractivity contribution in [1.82, 2.24) is 14.8 Å². The van der Waals surface area contributed by atoms with Crippen LogP contribution >= 0.6 is 11.8 Å². The molecular weight excluding hydrogens is 454 g/mol. The van der Waals surface area contributed by atoms with E-state index < -0.39 is 10.0 Å². The van der Waals surface area contributed by atoms with E-state index in [4.69, 9.17) is 14.6 Å². The number of thioether (sulfide) groups is 1. The zero-order chi connectivity index (χ0) is 22.7. The minimum absolute atomic E-state index is 0.0292. The Morgan fingerprint density at radius 3 is 2.66 bits per heavy atom. The number of anilines is 1. The fraction of sp³-hybridized carbons (Fsp3) is 0.150. The molecule has 0 bridgehead atoms. The molecule has 0 unspecified atom stereocenters. The maximum Gasteiger partial charge on any atom is 0.238 e. The molecule has 0 aliphatic carbocycles. The van der Waals surface area contributed by atoms with Gasteiger partial charge in [0.05, 0.1) is 10.6 Å². The Kier molecular flexibility index (Phi) is 6.17. The smallest absolute Gasteiger partial charge is 0.238 e. The average Bonchev–Trinajstić information content (AvgIpc) is 3.38. The van der Waals surface area contributed by atoms with Gasteiger partial charge in [-0.25, -0.2) is 13.6 Å². The van der Waals surface area contributed by atoms with Crippen LogP contribution in [-0.4, -0.2) is 41.6 Å². The van der Waals surface area contributed by atoms with Gasteiger partial charge in [0.25, 0.3) is 0 Å². The van der Waals surface area contributed by atoms with Crippen molar-refractivity contribution in [2.45, 2.75) is 16.6 Å². The molecule has 0 saturated heterocycles. The number of rotatable bonds is 8. The molecule has 0 saturated carbocycles. The summed E-state index contributed by atoms with van der Waals surface area (Å²) < 4.78 is 35.3. The number of benzene rings is 2. The lowest BCUT2D eigenvalue weighted by atomic mass is 10.2. The van der Waals surface area contributed by atoms with E-state index in [1.54, 1.807) is 6.08 Å². The van der Waals surface area contributed by atoms with Gasteiger partial charge in [-0.2, -0.15) is 0 Å². The van der Waals surface area contributed by atoms with Crippen molar-refractivity contribution in [3.05, 3.63) is 55.1 Å². The maximum absolute atomic E-state index is 12.4. The van der Waals surface area contributed by atoms with Gasteiger partial charge in [-0.15, -0.1) is 16.8 Å². The van der Waals surface area contributed by atoms with Crippen LogP contribution in [-0.2, 0) is 21.4 Å². The highest BCUT2D eigenvalue weighted by Gasteiger charge is 2.19. The molecule has 2 aromatic carbocycles. The van der Waals surface area contributed by atoms with E-state index >= 15 is 0 Å². The number of primary sulfonamides is 1. The molecule has 3 N–H and O–H groups in total. The predicted molar refractivity (Wildman–Crippen MR) is 119 cm³/mol. The molecule has 166 valence electrons. The first-order valence-electron chi connectivity index (χ1n) is 9.35. The SMILES string of the molecule is C=CCn1c(SCC(=O)Nc2ccc(S(N)(=O)=O)cc2)nnc1-c1ccc2c(c1)OCO2. The summed E-state index contributed by atoms with van der Waals surface area (Å²) in [5, 5.41) is 16.8. The number of aromatic nitrogens is 3. The summed E-state index contributed by atoms with van der Waals surface area (Å²) in [4.78, 5) is 12.3. The molecule has 0 atom stereocenters. The normalized spacial score (nSPS) is 12.5. The van der Waals surface area contributed by atoms with Crippen molar-refractivity contribution in [2.24, 2.45) is 5.14 Å². The minimum Gasteiger partial charge on any atom is -0.454 e. The predicted octanol–water partition coefficient (Wildman–Crippen LogP) is 2.24. The molecular formula is C20H19N5O5S2. The van der Waals surface area contributed by atoms with Gasteiger partial charge >= 0.3 is 0 Å². The Morgan fingerprint density at radius 2 is 1.94 bits per heavy atom. The standard InChI is InChI=1S/C20H19N5O5S2/c1-2-9-25-19(13-3-8-16-17(10-13)30-12-29-16)23-24-20(25)31-11-18(26)22-14-4-6-15(7-5-14)32(21,27)28/h2-8,10H,1,9,11-12H2,(H,22,26)(H2,21,27,28). The summed E-state index contributed by atoms with van der Waals surface area (Å²) in [7, 11) is -3.79. The van der Waals surface area contributed by atoms with E-state index in [9.17, 15) is 13.2 Å². The number of hydrogen-bond donors (Lipinski definition) is 2. The number of nitrogens with two attached hydrogens (primary N) is 1. The Balaban J connectivity index is 1.45. The number of sulfonamides is 1. The first kappa shape index (κ1) is 21.9. The Bertz CT molecular complexity index is 1270. The molecule has 1 aromatic heterocycles. The quantitative estimate of drug-likeness (QED) is 0.375. The second kappa shape index (κ2) is 9.02. The second-order valence-electron chi connectivity index (χ2n) is 6.68. The number of ether oxygens (including phenoxy) is 2. The van der Waals surface area contributed by atoms with Crippen molar-refractivity contribution in [1.29, 1.82) is 0 Å².